The highest BCUT2D eigenvalue weighted by Gasteiger charge is 2.30. The highest BCUT2D eigenvalue weighted by molar-refractivity contribution is 5.88. The van der Waals surface area contributed by atoms with Gasteiger partial charge >= 0.3 is 0 Å². The van der Waals surface area contributed by atoms with Crippen molar-refractivity contribution in [1.82, 2.24) is 10.2 Å². The highest BCUT2D eigenvalue weighted by Crippen LogP contribution is 2.19. The van der Waals surface area contributed by atoms with E-state index in [9.17, 15) is 9.59 Å². The number of hydrogen-bond donors (Lipinski definition) is 1. The minimum absolute atomic E-state index is 0.0474. The third-order valence-corrected chi connectivity index (χ3v) is 5.58. The van der Waals surface area contributed by atoms with Crippen LogP contribution in [0.4, 0.5) is 0 Å². The molecule has 0 spiro atoms. The van der Waals surface area contributed by atoms with Crippen LogP contribution in [0.2, 0.25) is 0 Å². The molecule has 3 aromatic carbocycles. The van der Waals surface area contributed by atoms with Gasteiger partial charge in [0.05, 0.1) is 7.11 Å². The van der Waals surface area contributed by atoms with Gasteiger partial charge in [-0.05, 0) is 42.2 Å². The number of nitrogens with zero attached hydrogens (tertiary/aromatic N) is 1. The summed E-state index contributed by atoms with van der Waals surface area (Å²) in [6.07, 6.45) is 1.41. The molecular formula is C28H32N2O3. The van der Waals surface area contributed by atoms with E-state index in [0.29, 0.717) is 32.4 Å². The van der Waals surface area contributed by atoms with Crippen molar-refractivity contribution >= 4 is 11.8 Å². The Bertz CT molecular complexity index is 1020. The highest BCUT2D eigenvalue weighted by atomic mass is 16.5. The lowest BCUT2D eigenvalue weighted by Crippen LogP contribution is -2.50. The quantitative estimate of drug-likeness (QED) is 0.477. The summed E-state index contributed by atoms with van der Waals surface area (Å²) in [5, 5.41) is 2.93. The van der Waals surface area contributed by atoms with Crippen LogP contribution in [0.25, 0.3) is 0 Å². The van der Waals surface area contributed by atoms with Gasteiger partial charge in [-0.1, -0.05) is 72.8 Å². The van der Waals surface area contributed by atoms with Crippen LogP contribution in [-0.4, -0.2) is 36.4 Å². The average Bonchev–Trinajstić information content (AvgIpc) is 2.86. The van der Waals surface area contributed by atoms with E-state index in [1.165, 1.54) is 0 Å². The molecule has 0 bridgehead atoms. The van der Waals surface area contributed by atoms with E-state index in [1.54, 1.807) is 12.0 Å². The lowest BCUT2D eigenvalue weighted by Gasteiger charge is -2.31. The average molecular weight is 445 g/mol. The normalized spacial score (nSPS) is 11.5. The van der Waals surface area contributed by atoms with Crippen LogP contribution in [0.3, 0.4) is 0 Å². The number of aryl methyl sites for hydroxylation is 1. The molecule has 0 aliphatic heterocycles. The molecule has 0 saturated heterocycles. The van der Waals surface area contributed by atoms with Gasteiger partial charge in [-0.2, -0.15) is 0 Å². The number of hydrogen-bond acceptors (Lipinski definition) is 3. The lowest BCUT2D eigenvalue weighted by molar-refractivity contribution is -0.141. The number of nitrogens with one attached hydrogen (secondary N) is 1. The molecule has 0 heterocycles. The minimum Gasteiger partial charge on any atom is -0.497 e. The Morgan fingerprint density at radius 3 is 2.15 bits per heavy atom. The topological polar surface area (TPSA) is 58.6 Å². The molecule has 0 radical (unpaired) electrons. The maximum Gasteiger partial charge on any atom is 0.243 e. The Labute approximate surface area is 196 Å². The number of benzene rings is 3. The predicted molar refractivity (Wildman–Crippen MR) is 131 cm³/mol. The summed E-state index contributed by atoms with van der Waals surface area (Å²) in [6.45, 7) is 2.73. The van der Waals surface area contributed by atoms with Gasteiger partial charge < -0.3 is 15.0 Å². The van der Waals surface area contributed by atoms with Crippen molar-refractivity contribution in [3.05, 3.63) is 102 Å². The van der Waals surface area contributed by atoms with Gasteiger partial charge in [0.25, 0.3) is 0 Å². The van der Waals surface area contributed by atoms with Crippen molar-refractivity contribution < 1.29 is 14.3 Å². The fourth-order valence-electron chi connectivity index (χ4n) is 3.85. The van der Waals surface area contributed by atoms with E-state index < -0.39 is 6.04 Å². The standard InChI is InChI=1S/C28H32N2O3/c1-3-29-28(32)26(20-23-13-8-5-9-14-23)30(21-24-15-10-16-25(19-24)33-2)27(31)18-17-22-11-6-4-7-12-22/h4-16,19,26H,3,17-18,20-21H2,1-2H3,(H,29,32). The summed E-state index contributed by atoms with van der Waals surface area (Å²) in [5.74, 6) is 0.535. The van der Waals surface area contributed by atoms with Gasteiger partial charge in [0.2, 0.25) is 11.8 Å². The number of carbonyl (C=O) groups excluding carboxylic acids is 2. The van der Waals surface area contributed by atoms with E-state index in [4.69, 9.17) is 4.74 Å². The van der Waals surface area contributed by atoms with Crippen LogP contribution in [0.15, 0.2) is 84.9 Å². The molecule has 5 heteroatoms. The number of likely N-dealkylation sites (N-methyl/N-ethyl adjacent to an activating group) is 1. The second kappa shape index (κ2) is 12.4. The van der Waals surface area contributed by atoms with Crippen LogP contribution < -0.4 is 10.1 Å². The molecule has 33 heavy (non-hydrogen) atoms. The van der Waals surface area contributed by atoms with Crippen molar-refractivity contribution in [2.24, 2.45) is 0 Å². The van der Waals surface area contributed by atoms with E-state index in [1.807, 2.05) is 91.9 Å². The van der Waals surface area contributed by atoms with E-state index in [2.05, 4.69) is 5.32 Å². The summed E-state index contributed by atoms with van der Waals surface area (Å²) in [5.41, 5.74) is 3.04. The van der Waals surface area contributed by atoms with Crippen LogP contribution in [0, 0.1) is 0 Å². The van der Waals surface area contributed by atoms with Gasteiger partial charge in [0, 0.05) is 25.9 Å². The largest absolute Gasteiger partial charge is 0.497 e. The summed E-state index contributed by atoms with van der Waals surface area (Å²) in [6, 6.07) is 26.8. The first-order valence-corrected chi connectivity index (χ1v) is 11.4. The minimum atomic E-state index is -0.609. The second-order valence-corrected chi connectivity index (χ2v) is 7.96. The molecule has 3 aromatic rings. The van der Waals surface area contributed by atoms with E-state index in [-0.39, 0.29) is 11.8 Å². The zero-order chi connectivity index (χ0) is 23.5. The van der Waals surface area contributed by atoms with Crippen molar-refractivity contribution in [2.75, 3.05) is 13.7 Å². The van der Waals surface area contributed by atoms with Gasteiger partial charge in [0.15, 0.2) is 0 Å². The first-order valence-electron chi connectivity index (χ1n) is 11.4. The monoisotopic (exact) mass is 444 g/mol. The number of ether oxygens (including phenoxy) is 1. The first kappa shape index (κ1) is 24.1. The summed E-state index contributed by atoms with van der Waals surface area (Å²) in [7, 11) is 1.62. The third-order valence-electron chi connectivity index (χ3n) is 5.58. The SMILES string of the molecule is CCNC(=O)C(Cc1ccccc1)N(Cc1cccc(OC)c1)C(=O)CCc1ccccc1. The van der Waals surface area contributed by atoms with Crippen molar-refractivity contribution in [2.45, 2.75) is 38.8 Å². The fraction of sp³-hybridized carbons (Fsp3) is 0.286. The number of rotatable bonds is 11. The third kappa shape index (κ3) is 7.21. The second-order valence-electron chi connectivity index (χ2n) is 7.96. The van der Waals surface area contributed by atoms with Crippen LogP contribution in [-0.2, 0) is 29.0 Å². The van der Waals surface area contributed by atoms with Crippen LogP contribution in [0.5, 0.6) is 5.75 Å². The maximum atomic E-state index is 13.5. The van der Waals surface area contributed by atoms with Crippen molar-refractivity contribution in [3.8, 4) is 5.75 Å². The number of carbonyl (C=O) groups is 2. The number of methoxy groups -OCH3 is 1. The smallest absolute Gasteiger partial charge is 0.243 e. The molecule has 1 atom stereocenters. The molecule has 3 rings (SSSR count). The molecule has 172 valence electrons. The van der Waals surface area contributed by atoms with Crippen molar-refractivity contribution in [1.29, 1.82) is 0 Å². The van der Waals surface area contributed by atoms with Crippen LogP contribution >= 0.6 is 0 Å². The maximum absolute atomic E-state index is 13.5. The van der Waals surface area contributed by atoms with Gasteiger partial charge in [-0.25, -0.2) is 0 Å². The summed E-state index contributed by atoms with van der Waals surface area (Å²) in [4.78, 5) is 28.4. The zero-order valence-electron chi connectivity index (χ0n) is 19.4. The Morgan fingerprint density at radius 1 is 0.879 bits per heavy atom. The van der Waals surface area contributed by atoms with Gasteiger partial charge in [-0.15, -0.1) is 0 Å². The first-order chi connectivity index (χ1) is 16.1. The Hall–Kier alpha value is -3.60. The molecule has 0 aliphatic rings. The summed E-state index contributed by atoms with van der Waals surface area (Å²) < 4.78 is 5.36. The molecule has 0 fully saturated rings. The Kier molecular flexibility index (Phi) is 9.07. The molecule has 2 amide bonds. The molecule has 0 saturated carbocycles. The van der Waals surface area contributed by atoms with Gasteiger partial charge in [0.1, 0.15) is 11.8 Å². The van der Waals surface area contributed by atoms with Crippen molar-refractivity contribution in [3.63, 3.8) is 0 Å². The molecule has 1 unspecified atom stereocenters. The fourth-order valence-corrected chi connectivity index (χ4v) is 3.85. The van der Waals surface area contributed by atoms with E-state index >= 15 is 0 Å². The van der Waals surface area contributed by atoms with E-state index in [0.717, 1.165) is 22.4 Å². The van der Waals surface area contributed by atoms with Crippen LogP contribution in [0.1, 0.15) is 30.0 Å². The van der Waals surface area contributed by atoms with Gasteiger partial charge in [-0.3, -0.25) is 9.59 Å². The molecule has 0 aliphatic carbocycles. The lowest BCUT2D eigenvalue weighted by atomic mass is 10.0. The predicted octanol–water partition coefficient (Wildman–Crippen LogP) is 4.40. The molecule has 1 N–H and O–H groups in total. The summed E-state index contributed by atoms with van der Waals surface area (Å²) >= 11 is 0. The molecular weight excluding hydrogens is 412 g/mol. The Morgan fingerprint density at radius 2 is 1.52 bits per heavy atom. The zero-order valence-corrected chi connectivity index (χ0v) is 19.4. The Balaban J connectivity index is 1.89. The molecule has 5 nitrogen and oxygen atoms in total. The molecule has 0 aromatic heterocycles. The number of amides is 2.